The lowest BCUT2D eigenvalue weighted by Crippen LogP contribution is -2.30. The van der Waals surface area contributed by atoms with Gasteiger partial charge in [0, 0.05) is 21.7 Å². The number of para-hydroxylation sites is 1. The number of esters is 1. The lowest BCUT2D eigenvalue weighted by Gasteiger charge is -2.16. The van der Waals surface area contributed by atoms with E-state index in [4.69, 9.17) is 9.47 Å². The molecule has 29 heavy (non-hydrogen) atoms. The van der Waals surface area contributed by atoms with Crippen molar-refractivity contribution in [1.29, 1.82) is 0 Å². The van der Waals surface area contributed by atoms with E-state index in [9.17, 15) is 9.59 Å². The minimum Gasteiger partial charge on any atom is -0.488 e. The van der Waals surface area contributed by atoms with Crippen LogP contribution in [0, 0.1) is 13.8 Å². The molecule has 0 aliphatic carbocycles. The molecular formula is C23H21NO4S. The van der Waals surface area contributed by atoms with Crippen molar-refractivity contribution in [3.8, 4) is 16.2 Å². The normalized spacial score (nSPS) is 12.9. The van der Waals surface area contributed by atoms with Gasteiger partial charge in [0.25, 0.3) is 5.91 Å². The molecule has 4 rings (SSSR count). The number of carbonyl (C=O) groups excluding carboxylic acids is 2. The maximum atomic E-state index is 12.6. The van der Waals surface area contributed by atoms with Crippen LogP contribution in [0.2, 0.25) is 0 Å². The van der Waals surface area contributed by atoms with Crippen molar-refractivity contribution in [3.63, 3.8) is 0 Å². The molecule has 5 nitrogen and oxygen atoms in total. The van der Waals surface area contributed by atoms with Crippen LogP contribution in [-0.4, -0.2) is 18.0 Å². The summed E-state index contributed by atoms with van der Waals surface area (Å²) in [6.07, 6.45) is -0.911. The number of aryl methyl sites for hydroxylation is 2. The van der Waals surface area contributed by atoms with Crippen molar-refractivity contribution in [3.05, 3.63) is 70.1 Å². The second-order valence-corrected chi connectivity index (χ2v) is 8.16. The largest absolute Gasteiger partial charge is 0.488 e. The van der Waals surface area contributed by atoms with Gasteiger partial charge in [0.2, 0.25) is 0 Å². The molecule has 1 aliphatic heterocycles. The molecule has 1 N–H and O–H groups in total. The van der Waals surface area contributed by atoms with Crippen LogP contribution in [0.5, 0.6) is 5.75 Å². The fourth-order valence-corrected chi connectivity index (χ4v) is 4.34. The molecule has 0 bridgehead atoms. The lowest BCUT2D eigenvalue weighted by molar-refractivity contribution is -0.123. The van der Waals surface area contributed by atoms with Crippen LogP contribution in [0.3, 0.4) is 0 Å². The zero-order chi connectivity index (χ0) is 20.5. The number of ether oxygens (including phenoxy) is 2. The molecular weight excluding hydrogens is 386 g/mol. The van der Waals surface area contributed by atoms with Crippen LogP contribution in [0.1, 0.15) is 33.3 Å². The van der Waals surface area contributed by atoms with Crippen molar-refractivity contribution in [2.24, 2.45) is 0 Å². The summed E-state index contributed by atoms with van der Waals surface area (Å²) < 4.78 is 11.2. The van der Waals surface area contributed by atoms with Gasteiger partial charge in [-0.2, -0.15) is 0 Å². The number of benzene rings is 2. The quantitative estimate of drug-likeness (QED) is 0.611. The van der Waals surface area contributed by atoms with Crippen molar-refractivity contribution in [2.75, 3.05) is 5.32 Å². The monoisotopic (exact) mass is 407 g/mol. The number of thiophene rings is 1. The summed E-state index contributed by atoms with van der Waals surface area (Å²) in [4.78, 5) is 26.6. The third-order valence-corrected chi connectivity index (χ3v) is 6.01. The Balaban J connectivity index is 1.46. The third kappa shape index (κ3) is 3.89. The van der Waals surface area contributed by atoms with Gasteiger partial charge in [-0.15, -0.1) is 11.3 Å². The first-order valence-electron chi connectivity index (χ1n) is 9.36. The molecule has 3 aromatic rings. The maximum absolute atomic E-state index is 12.6. The fourth-order valence-electron chi connectivity index (χ4n) is 3.26. The Morgan fingerprint density at radius 3 is 2.72 bits per heavy atom. The molecule has 1 aliphatic rings. The van der Waals surface area contributed by atoms with Gasteiger partial charge in [-0.1, -0.05) is 29.8 Å². The Morgan fingerprint density at radius 2 is 1.93 bits per heavy atom. The van der Waals surface area contributed by atoms with Crippen LogP contribution >= 0.6 is 11.3 Å². The number of fused-ring (bicyclic) bond motifs is 3. The zero-order valence-corrected chi connectivity index (χ0v) is 17.3. The van der Waals surface area contributed by atoms with Crippen LogP contribution in [0.25, 0.3) is 10.4 Å². The molecule has 0 saturated heterocycles. The molecule has 1 atom stereocenters. The fraction of sp³-hybridized carbons (Fsp3) is 0.217. The molecule has 0 radical (unpaired) electrons. The maximum Gasteiger partial charge on any atom is 0.349 e. The lowest BCUT2D eigenvalue weighted by atomic mass is 10.1. The summed E-state index contributed by atoms with van der Waals surface area (Å²) in [5.74, 6) is -0.0616. The Labute approximate surface area is 173 Å². The summed E-state index contributed by atoms with van der Waals surface area (Å²) in [7, 11) is 0. The van der Waals surface area contributed by atoms with E-state index in [2.05, 4.69) is 5.32 Å². The van der Waals surface area contributed by atoms with Crippen LogP contribution in [-0.2, 0) is 16.1 Å². The Morgan fingerprint density at radius 1 is 1.14 bits per heavy atom. The second kappa shape index (κ2) is 7.72. The van der Waals surface area contributed by atoms with Gasteiger partial charge in [0.05, 0.1) is 0 Å². The summed E-state index contributed by atoms with van der Waals surface area (Å²) >= 11 is 1.36. The van der Waals surface area contributed by atoms with E-state index in [-0.39, 0.29) is 5.91 Å². The van der Waals surface area contributed by atoms with Gasteiger partial charge in [0.15, 0.2) is 6.10 Å². The minimum absolute atomic E-state index is 0.361. The highest BCUT2D eigenvalue weighted by Gasteiger charge is 2.25. The van der Waals surface area contributed by atoms with E-state index in [1.807, 2.05) is 56.3 Å². The molecule has 0 unspecified atom stereocenters. The first-order chi connectivity index (χ1) is 13.9. The number of carbonyl (C=O) groups is 2. The van der Waals surface area contributed by atoms with Gasteiger partial charge in [0.1, 0.15) is 17.2 Å². The first kappa shape index (κ1) is 19.2. The standard InChI is InChI=1S/C23H21NO4S/c1-13-8-9-18(14(2)10-13)24-22(25)15(3)28-23(26)20-11-16-12-27-19-7-5-4-6-17(19)21(16)29-20/h4-11,15H,12H2,1-3H3,(H,24,25)/t15-/m0/s1. The molecule has 0 spiro atoms. The highest BCUT2D eigenvalue weighted by Crippen LogP contribution is 2.42. The Bertz CT molecular complexity index is 1100. The van der Waals surface area contributed by atoms with Crippen LogP contribution in [0.15, 0.2) is 48.5 Å². The number of amides is 1. The molecule has 1 amide bonds. The summed E-state index contributed by atoms with van der Waals surface area (Å²) in [6.45, 7) is 5.91. The van der Waals surface area contributed by atoms with E-state index in [1.165, 1.54) is 11.3 Å². The van der Waals surface area contributed by atoms with Crippen molar-refractivity contribution < 1.29 is 19.1 Å². The SMILES string of the molecule is Cc1ccc(NC(=O)[C@H](C)OC(=O)c2cc3c(s2)-c2ccccc2OC3)c(C)c1. The van der Waals surface area contributed by atoms with E-state index in [0.29, 0.717) is 17.2 Å². The highest BCUT2D eigenvalue weighted by atomic mass is 32.1. The average molecular weight is 407 g/mol. The molecule has 2 heterocycles. The number of nitrogens with one attached hydrogen (secondary N) is 1. The number of rotatable bonds is 4. The highest BCUT2D eigenvalue weighted by molar-refractivity contribution is 7.17. The molecule has 0 saturated carbocycles. The van der Waals surface area contributed by atoms with Crippen molar-refractivity contribution >= 4 is 28.9 Å². The van der Waals surface area contributed by atoms with E-state index in [1.54, 1.807) is 13.0 Å². The summed E-state index contributed by atoms with van der Waals surface area (Å²) in [5, 5.41) is 2.82. The van der Waals surface area contributed by atoms with E-state index >= 15 is 0 Å². The van der Waals surface area contributed by atoms with E-state index < -0.39 is 12.1 Å². The minimum atomic E-state index is -0.911. The predicted octanol–water partition coefficient (Wildman–Crippen LogP) is 5.11. The second-order valence-electron chi connectivity index (χ2n) is 7.11. The van der Waals surface area contributed by atoms with Crippen LogP contribution < -0.4 is 10.1 Å². The summed E-state index contributed by atoms with van der Waals surface area (Å²) in [5.41, 5.74) is 4.71. The van der Waals surface area contributed by atoms with Gasteiger partial charge < -0.3 is 14.8 Å². The van der Waals surface area contributed by atoms with Gasteiger partial charge in [-0.3, -0.25) is 4.79 Å². The molecule has 148 valence electrons. The predicted molar refractivity (Wildman–Crippen MR) is 114 cm³/mol. The van der Waals surface area contributed by atoms with Gasteiger partial charge in [-0.05, 0) is 50.6 Å². The van der Waals surface area contributed by atoms with Crippen molar-refractivity contribution in [1.82, 2.24) is 0 Å². The van der Waals surface area contributed by atoms with Gasteiger partial charge >= 0.3 is 5.97 Å². The van der Waals surface area contributed by atoms with E-state index in [0.717, 1.165) is 32.9 Å². The third-order valence-electron chi connectivity index (χ3n) is 4.82. The van der Waals surface area contributed by atoms with Crippen LogP contribution in [0.4, 0.5) is 5.69 Å². The van der Waals surface area contributed by atoms with Crippen molar-refractivity contribution in [2.45, 2.75) is 33.5 Å². The number of anilines is 1. The molecule has 2 aromatic carbocycles. The van der Waals surface area contributed by atoms with Gasteiger partial charge in [-0.25, -0.2) is 4.79 Å². The first-order valence-corrected chi connectivity index (χ1v) is 10.2. The number of hydrogen-bond donors (Lipinski definition) is 1. The smallest absolute Gasteiger partial charge is 0.349 e. The zero-order valence-electron chi connectivity index (χ0n) is 16.4. The Hall–Kier alpha value is -3.12. The molecule has 1 aromatic heterocycles. The summed E-state index contributed by atoms with van der Waals surface area (Å²) in [6, 6.07) is 15.3. The number of hydrogen-bond acceptors (Lipinski definition) is 5. The Kier molecular flexibility index (Phi) is 5.11. The molecule has 6 heteroatoms. The average Bonchev–Trinajstić information content (AvgIpc) is 3.15. The topological polar surface area (TPSA) is 64.6 Å². The molecule has 0 fully saturated rings.